The van der Waals surface area contributed by atoms with E-state index >= 15 is 0 Å². The lowest BCUT2D eigenvalue weighted by molar-refractivity contribution is -0.231. The SMILES string of the molecule is NC(=O)c1cnc(-c2ccc3c(c2)COC2(CCN(C4CCC4)CC2)O3)s1. The summed E-state index contributed by atoms with van der Waals surface area (Å²) in [4.78, 5) is 18.7. The van der Waals surface area contributed by atoms with E-state index in [1.165, 1.54) is 36.8 Å². The van der Waals surface area contributed by atoms with Crippen molar-refractivity contribution >= 4 is 17.2 Å². The van der Waals surface area contributed by atoms with Gasteiger partial charge in [0.25, 0.3) is 5.91 Å². The molecular weight excluding hydrogens is 362 g/mol. The van der Waals surface area contributed by atoms with Gasteiger partial charge in [0.2, 0.25) is 5.79 Å². The molecule has 3 aliphatic rings. The highest BCUT2D eigenvalue weighted by Crippen LogP contribution is 2.40. The van der Waals surface area contributed by atoms with Gasteiger partial charge in [0.05, 0.1) is 12.8 Å². The van der Waals surface area contributed by atoms with E-state index in [0.29, 0.717) is 11.5 Å². The van der Waals surface area contributed by atoms with Gasteiger partial charge >= 0.3 is 0 Å². The highest BCUT2D eigenvalue weighted by Gasteiger charge is 2.42. The molecule has 7 heteroatoms. The maximum absolute atomic E-state index is 11.3. The van der Waals surface area contributed by atoms with Crippen molar-refractivity contribution in [3.05, 3.63) is 34.8 Å². The second-order valence-corrected chi connectivity index (χ2v) is 8.67. The van der Waals surface area contributed by atoms with Crippen LogP contribution in [-0.4, -0.2) is 40.7 Å². The van der Waals surface area contributed by atoms with Gasteiger partial charge in [-0.1, -0.05) is 6.42 Å². The Morgan fingerprint density at radius 1 is 1.30 bits per heavy atom. The highest BCUT2D eigenvalue weighted by molar-refractivity contribution is 7.16. The average Bonchev–Trinajstić information content (AvgIpc) is 3.12. The number of nitrogens with two attached hydrogens (primary N) is 1. The van der Waals surface area contributed by atoms with Crippen LogP contribution in [0.5, 0.6) is 5.75 Å². The van der Waals surface area contributed by atoms with Crippen molar-refractivity contribution in [2.45, 2.75) is 50.5 Å². The van der Waals surface area contributed by atoms with E-state index in [1.54, 1.807) is 0 Å². The molecule has 2 aromatic rings. The van der Waals surface area contributed by atoms with Crippen molar-refractivity contribution in [3.63, 3.8) is 0 Å². The van der Waals surface area contributed by atoms with Crippen LogP contribution in [0, 0.1) is 0 Å². The fourth-order valence-electron chi connectivity index (χ4n) is 4.11. The molecule has 0 bridgehead atoms. The highest BCUT2D eigenvalue weighted by atomic mass is 32.1. The number of hydrogen-bond donors (Lipinski definition) is 1. The Hall–Kier alpha value is -1.96. The normalized spacial score (nSPS) is 22.1. The Bertz CT molecular complexity index is 869. The lowest BCUT2D eigenvalue weighted by atomic mass is 9.89. The number of primary amides is 1. The zero-order valence-electron chi connectivity index (χ0n) is 15.1. The van der Waals surface area contributed by atoms with Crippen molar-refractivity contribution in [2.75, 3.05) is 13.1 Å². The summed E-state index contributed by atoms with van der Waals surface area (Å²) in [7, 11) is 0. The molecule has 0 atom stereocenters. The van der Waals surface area contributed by atoms with Gasteiger partial charge in [0.15, 0.2) is 0 Å². The van der Waals surface area contributed by atoms with Crippen LogP contribution in [0.4, 0.5) is 0 Å². The minimum atomic E-state index is -0.477. The van der Waals surface area contributed by atoms with E-state index in [1.807, 2.05) is 18.2 Å². The number of rotatable bonds is 3. The number of carbonyl (C=O) groups excluding carboxylic acids is 1. The van der Waals surface area contributed by atoms with Crippen molar-refractivity contribution in [1.82, 2.24) is 9.88 Å². The summed E-state index contributed by atoms with van der Waals surface area (Å²) in [5.41, 5.74) is 7.30. The quantitative estimate of drug-likeness (QED) is 0.878. The van der Waals surface area contributed by atoms with Crippen LogP contribution in [-0.2, 0) is 11.3 Å². The fourth-order valence-corrected chi connectivity index (χ4v) is 4.88. The zero-order chi connectivity index (χ0) is 18.4. The van der Waals surface area contributed by atoms with Gasteiger partial charge < -0.3 is 15.2 Å². The summed E-state index contributed by atoms with van der Waals surface area (Å²) in [6, 6.07) is 6.81. The Kier molecular flexibility index (Phi) is 4.18. The third-order valence-corrected chi connectivity index (χ3v) is 7.05. The first-order chi connectivity index (χ1) is 13.1. The van der Waals surface area contributed by atoms with Crippen molar-refractivity contribution in [1.29, 1.82) is 0 Å². The topological polar surface area (TPSA) is 77.7 Å². The van der Waals surface area contributed by atoms with E-state index < -0.39 is 11.7 Å². The standard InChI is InChI=1S/C20H23N3O3S/c21-18(24)17-11-22-19(27-17)13-4-5-16-14(10-13)12-25-20(26-16)6-8-23(9-7-20)15-2-1-3-15/h4-5,10-11,15H,1-3,6-9,12H2,(H2,21,24). The van der Waals surface area contributed by atoms with Crippen LogP contribution in [0.25, 0.3) is 10.6 Å². The molecule has 1 spiro atoms. The molecule has 5 rings (SSSR count). The van der Waals surface area contributed by atoms with Crippen LogP contribution >= 0.6 is 11.3 Å². The number of aromatic nitrogens is 1. The molecule has 2 aliphatic heterocycles. The second kappa shape index (κ2) is 6.58. The van der Waals surface area contributed by atoms with Gasteiger partial charge in [-0.05, 0) is 31.0 Å². The number of carbonyl (C=O) groups is 1. The molecule has 1 saturated heterocycles. The number of likely N-dealkylation sites (tertiary alicyclic amines) is 1. The Labute approximate surface area is 162 Å². The van der Waals surface area contributed by atoms with Crippen LogP contribution in [0.1, 0.15) is 47.3 Å². The maximum Gasteiger partial charge on any atom is 0.260 e. The summed E-state index contributed by atoms with van der Waals surface area (Å²) in [6.07, 6.45) is 7.41. The van der Waals surface area contributed by atoms with Gasteiger partial charge in [-0.2, -0.15) is 0 Å². The molecule has 1 saturated carbocycles. The number of thiazole rings is 1. The minimum absolute atomic E-state index is 0.446. The Morgan fingerprint density at radius 2 is 2.11 bits per heavy atom. The van der Waals surface area contributed by atoms with E-state index in [0.717, 1.165) is 53.9 Å². The van der Waals surface area contributed by atoms with Gasteiger partial charge in [-0.25, -0.2) is 4.98 Å². The maximum atomic E-state index is 11.3. The molecule has 2 fully saturated rings. The zero-order valence-corrected chi connectivity index (χ0v) is 16.0. The number of amides is 1. The number of benzene rings is 1. The summed E-state index contributed by atoms with van der Waals surface area (Å²) >= 11 is 1.30. The van der Waals surface area contributed by atoms with Gasteiger partial charge in [0, 0.05) is 43.1 Å². The third-order valence-electron chi connectivity index (χ3n) is 5.99. The van der Waals surface area contributed by atoms with E-state index in [-0.39, 0.29) is 0 Å². The smallest absolute Gasteiger partial charge is 0.260 e. The van der Waals surface area contributed by atoms with E-state index in [4.69, 9.17) is 15.2 Å². The summed E-state index contributed by atoms with van der Waals surface area (Å²) < 4.78 is 12.5. The van der Waals surface area contributed by atoms with Gasteiger partial charge in [-0.3, -0.25) is 9.69 Å². The van der Waals surface area contributed by atoms with Crippen molar-refractivity contribution in [3.8, 4) is 16.3 Å². The van der Waals surface area contributed by atoms with Crippen LogP contribution in [0.15, 0.2) is 24.4 Å². The predicted molar refractivity (Wildman–Crippen MR) is 103 cm³/mol. The molecule has 1 amide bonds. The summed E-state index contributed by atoms with van der Waals surface area (Å²) in [6.45, 7) is 2.64. The molecule has 2 N–H and O–H groups in total. The molecule has 0 unspecified atom stereocenters. The number of hydrogen-bond acceptors (Lipinski definition) is 6. The first-order valence-corrected chi connectivity index (χ1v) is 10.4. The molecule has 1 aliphatic carbocycles. The van der Waals surface area contributed by atoms with Gasteiger partial charge in [-0.15, -0.1) is 11.3 Å². The number of ether oxygens (including phenoxy) is 2. The molecule has 27 heavy (non-hydrogen) atoms. The summed E-state index contributed by atoms with van der Waals surface area (Å²) in [5.74, 6) is -0.0259. The monoisotopic (exact) mass is 385 g/mol. The first kappa shape index (κ1) is 17.2. The van der Waals surface area contributed by atoms with E-state index in [2.05, 4.69) is 9.88 Å². The molecule has 3 heterocycles. The average molecular weight is 385 g/mol. The van der Waals surface area contributed by atoms with E-state index in [9.17, 15) is 4.79 Å². The molecule has 1 aromatic carbocycles. The van der Waals surface area contributed by atoms with Gasteiger partial charge in [0.1, 0.15) is 15.6 Å². The van der Waals surface area contributed by atoms with Crippen LogP contribution in [0.3, 0.4) is 0 Å². The lowest BCUT2D eigenvalue weighted by Gasteiger charge is -2.47. The second-order valence-electron chi connectivity index (χ2n) is 7.64. The lowest BCUT2D eigenvalue weighted by Crippen LogP contribution is -2.54. The molecule has 1 aromatic heterocycles. The third kappa shape index (κ3) is 3.13. The molecule has 6 nitrogen and oxygen atoms in total. The number of fused-ring (bicyclic) bond motifs is 1. The molecule has 142 valence electrons. The number of piperidine rings is 1. The Balaban J connectivity index is 1.31. The van der Waals surface area contributed by atoms with Crippen LogP contribution < -0.4 is 10.5 Å². The predicted octanol–water partition coefficient (Wildman–Crippen LogP) is 3.16. The summed E-state index contributed by atoms with van der Waals surface area (Å²) in [5, 5.41) is 0.778. The molecule has 0 radical (unpaired) electrons. The Morgan fingerprint density at radius 3 is 2.78 bits per heavy atom. The van der Waals surface area contributed by atoms with Crippen LogP contribution in [0.2, 0.25) is 0 Å². The fraction of sp³-hybridized carbons (Fsp3) is 0.500. The van der Waals surface area contributed by atoms with Crippen molar-refractivity contribution in [2.24, 2.45) is 5.73 Å². The minimum Gasteiger partial charge on any atom is -0.462 e. The number of nitrogens with zero attached hydrogens (tertiary/aromatic N) is 2. The largest absolute Gasteiger partial charge is 0.462 e. The molecular formula is C20H23N3O3S. The van der Waals surface area contributed by atoms with Crippen molar-refractivity contribution < 1.29 is 14.3 Å². The first-order valence-electron chi connectivity index (χ1n) is 9.58.